The van der Waals surface area contributed by atoms with E-state index in [-0.39, 0.29) is 6.61 Å². The Labute approximate surface area is 125 Å². The van der Waals surface area contributed by atoms with Crippen molar-refractivity contribution < 1.29 is 14.6 Å². The lowest BCUT2D eigenvalue weighted by atomic mass is 10.2. The van der Waals surface area contributed by atoms with Gasteiger partial charge in [0.2, 0.25) is 0 Å². The van der Waals surface area contributed by atoms with Gasteiger partial charge in [-0.3, -0.25) is 4.90 Å². The van der Waals surface area contributed by atoms with Crippen LogP contribution < -0.4 is 4.74 Å². The maximum Gasteiger partial charge on any atom is 0.119 e. The fourth-order valence-electron chi connectivity index (χ4n) is 2.95. The number of nitrogens with zero attached hydrogens (tertiary/aromatic N) is 1. The summed E-state index contributed by atoms with van der Waals surface area (Å²) < 4.78 is 11.6. The van der Waals surface area contributed by atoms with Gasteiger partial charge in [-0.15, -0.1) is 0 Å². The van der Waals surface area contributed by atoms with Gasteiger partial charge >= 0.3 is 0 Å². The molecule has 4 nitrogen and oxygen atoms in total. The van der Waals surface area contributed by atoms with Gasteiger partial charge in [-0.25, -0.2) is 0 Å². The lowest BCUT2D eigenvalue weighted by molar-refractivity contribution is -0.0408. The first kappa shape index (κ1) is 14.4. The van der Waals surface area contributed by atoms with E-state index in [9.17, 15) is 0 Å². The van der Waals surface area contributed by atoms with Gasteiger partial charge in [0.25, 0.3) is 0 Å². The van der Waals surface area contributed by atoms with Crippen molar-refractivity contribution in [2.24, 2.45) is 0 Å². The molecule has 112 valence electrons. The van der Waals surface area contributed by atoms with Crippen LogP contribution in [0.15, 0.2) is 24.3 Å². The first-order chi connectivity index (χ1) is 10.3. The fraction of sp³-hybridized carbons (Fsp3) is 0.529. The second-order valence-electron chi connectivity index (χ2n) is 5.55. The highest BCUT2D eigenvalue weighted by Crippen LogP contribution is 2.25. The van der Waals surface area contributed by atoms with Crippen LogP contribution >= 0.6 is 0 Å². The predicted molar refractivity (Wildman–Crippen MR) is 80.2 cm³/mol. The first-order valence-corrected chi connectivity index (χ1v) is 7.54. The third-order valence-electron chi connectivity index (χ3n) is 3.96. The van der Waals surface area contributed by atoms with Crippen LogP contribution in [0.5, 0.6) is 5.75 Å². The molecule has 0 saturated carbocycles. The summed E-state index contributed by atoms with van der Waals surface area (Å²) in [6.45, 7) is 3.61. The molecule has 0 radical (unpaired) electrons. The molecule has 0 aromatic heterocycles. The number of ether oxygens (including phenoxy) is 2. The number of aliphatic hydroxyl groups is 1. The number of aliphatic hydroxyl groups excluding tert-OH is 1. The lowest BCUT2D eigenvalue weighted by Crippen LogP contribution is -2.44. The molecule has 1 aromatic carbocycles. The molecule has 2 aliphatic rings. The number of hydrogen-bond acceptors (Lipinski definition) is 4. The van der Waals surface area contributed by atoms with Gasteiger partial charge in [0.15, 0.2) is 0 Å². The Morgan fingerprint density at radius 1 is 1.19 bits per heavy atom. The summed E-state index contributed by atoms with van der Waals surface area (Å²) in [5, 5.41) is 8.65. The zero-order valence-electron chi connectivity index (χ0n) is 12.1. The molecule has 0 spiro atoms. The van der Waals surface area contributed by atoms with Crippen molar-refractivity contribution >= 4 is 0 Å². The molecular weight excluding hydrogens is 266 g/mol. The molecule has 0 aliphatic carbocycles. The molecule has 1 N–H and O–H groups in total. The minimum Gasteiger partial charge on any atom is -0.492 e. The lowest BCUT2D eigenvalue weighted by Gasteiger charge is -2.31. The summed E-state index contributed by atoms with van der Waals surface area (Å²) in [5.41, 5.74) is 0.890. The van der Waals surface area contributed by atoms with Crippen LogP contribution in [0.4, 0.5) is 0 Å². The minimum atomic E-state index is -0.111. The van der Waals surface area contributed by atoms with E-state index in [1.165, 1.54) is 12.8 Å². The van der Waals surface area contributed by atoms with E-state index in [2.05, 4.69) is 16.7 Å². The second-order valence-corrected chi connectivity index (χ2v) is 5.55. The van der Waals surface area contributed by atoms with E-state index in [0.717, 1.165) is 30.9 Å². The van der Waals surface area contributed by atoms with E-state index in [1.54, 1.807) is 0 Å². The summed E-state index contributed by atoms with van der Waals surface area (Å²) in [6.07, 6.45) is 3.29. The molecule has 2 fully saturated rings. The van der Waals surface area contributed by atoms with Crippen LogP contribution in [0, 0.1) is 11.8 Å². The van der Waals surface area contributed by atoms with Crippen molar-refractivity contribution in [3.63, 3.8) is 0 Å². The van der Waals surface area contributed by atoms with Crippen LogP contribution in [-0.4, -0.2) is 55.1 Å². The van der Waals surface area contributed by atoms with E-state index in [1.807, 2.05) is 24.3 Å². The average Bonchev–Trinajstić information content (AvgIpc) is 2.85. The molecule has 2 aliphatic heterocycles. The number of likely N-dealkylation sites (tertiary alicyclic amines) is 1. The molecule has 21 heavy (non-hydrogen) atoms. The van der Waals surface area contributed by atoms with Gasteiger partial charge in [-0.05, 0) is 37.1 Å². The maximum atomic E-state index is 8.65. The quantitative estimate of drug-likeness (QED) is 0.847. The van der Waals surface area contributed by atoms with Crippen molar-refractivity contribution in [3.8, 4) is 17.6 Å². The zero-order valence-corrected chi connectivity index (χ0v) is 12.1. The van der Waals surface area contributed by atoms with Gasteiger partial charge in [-0.2, -0.15) is 0 Å². The number of morpholine rings is 1. The Bertz CT molecular complexity index is 505. The van der Waals surface area contributed by atoms with Crippen LogP contribution in [-0.2, 0) is 4.74 Å². The van der Waals surface area contributed by atoms with Crippen LogP contribution in [0.3, 0.4) is 0 Å². The third-order valence-corrected chi connectivity index (χ3v) is 3.96. The van der Waals surface area contributed by atoms with E-state index < -0.39 is 0 Å². The van der Waals surface area contributed by atoms with Crippen LogP contribution in [0.1, 0.15) is 18.4 Å². The van der Waals surface area contributed by atoms with Gasteiger partial charge < -0.3 is 14.6 Å². The highest BCUT2D eigenvalue weighted by molar-refractivity contribution is 5.38. The largest absolute Gasteiger partial charge is 0.492 e. The van der Waals surface area contributed by atoms with E-state index in [4.69, 9.17) is 14.6 Å². The second kappa shape index (κ2) is 6.95. The summed E-state index contributed by atoms with van der Waals surface area (Å²) in [6, 6.07) is 7.66. The summed E-state index contributed by atoms with van der Waals surface area (Å²) in [7, 11) is 0. The Morgan fingerprint density at radius 2 is 1.90 bits per heavy atom. The normalized spacial score (nSPS) is 24.4. The Balaban J connectivity index is 1.43. The number of benzene rings is 1. The molecular formula is C17H21NO3. The third kappa shape index (κ3) is 3.98. The molecule has 2 bridgehead atoms. The van der Waals surface area contributed by atoms with Crippen molar-refractivity contribution in [1.82, 2.24) is 4.90 Å². The topological polar surface area (TPSA) is 41.9 Å². The fourth-order valence-corrected chi connectivity index (χ4v) is 2.95. The average molecular weight is 287 g/mol. The van der Waals surface area contributed by atoms with Crippen molar-refractivity contribution in [1.29, 1.82) is 0 Å². The number of fused-ring (bicyclic) bond motifs is 2. The zero-order chi connectivity index (χ0) is 14.5. The smallest absolute Gasteiger partial charge is 0.119 e. The monoisotopic (exact) mass is 287 g/mol. The summed E-state index contributed by atoms with van der Waals surface area (Å²) in [4.78, 5) is 2.44. The Hall–Kier alpha value is -1.54. The van der Waals surface area contributed by atoms with Gasteiger partial charge in [0.1, 0.15) is 19.0 Å². The van der Waals surface area contributed by atoms with Gasteiger partial charge in [-0.1, -0.05) is 11.8 Å². The maximum absolute atomic E-state index is 8.65. The first-order valence-electron chi connectivity index (χ1n) is 7.54. The van der Waals surface area contributed by atoms with Gasteiger partial charge in [0, 0.05) is 25.2 Å². The Morgan fingerprint density at radius 3 is 2.57 bits per heavy atom. The highest BCUT2D eigenvalue weighted by Gasteiger charge is 2.33. The molecule has 2 saturated heterocycles. The standard InChI is InChI=1S/C17H21NO3/c19-10-1-2-14-3-5-15(6-4-14)20-11-9-18-12-16-7-8-17(13-18)21-16/h3-6,16-17,19H,7-13H2. The molecule has 2 heterocycles. The van der Waals surface area contributed by atoms with Crippen molar-refractivity contribution in [3.05, 3.63) is 29.8 Å². The van der Waals surface area contributed by atoms with Crippen molar-refractivity contribution in [2.45, 2.75) is 25.0 Å². The molecule has 0 amide bonds. The molecule has 2 atom stereocenters. The molecule has 4 heteroatoms. The number of hydrogen-bond donors (Lipinski definition) is 1. The minimum absolute atomic E-state index is 0.111. The summed E-state index contributed by atoms with van der Waals surface area (Å²) in [5.74, 6) is 6.36. The van der Waals surface area contributed by atoms with E-state index in [0.29, 0.717) is 18.8 Å². The molecule has 3 rings (SSSR count). The Kier molecular flexibility index (Phi) is 4.76. The van der Waals surface area contributed by atoms with E-state index >= 15 is 0 Å². The highest BCUT2D eigenvalue weighted by atomic mass is 16.5. The number of rotatable bonds is 4. The van der Waals surface area contributed by atoms with Crippen LogP contribution in [0.2, 0.25) is 0 Å². The summed E-state index contributed by atoms with van der Waals surface area (Å²) >= 11 is 0. The molecule has 2 unspecified atom stereocenters. The molecule has 1 aromatic rings. The van der Waals surface area contributed by atoms with Crippen LogP contribution in [0.25, 0.3) is 0 Å². The predicted octanol–water partition coefficient (Wildman–Crippen LogP) is 1.27. The van der Waals surface area contributed by atoms with Crippen molar-refractivity contribution in [2.75, 3.05) is 32.8 Å². The SMILES string of the molecule is OCC#Cc1ccc(OCCN2CC3CCC(C2)O3)cc1. The van der Waals surface area contributed by atoms with Gasteiger partial charge in [0.05, 0.1) is 12.2 Å².